The summed E-state index contributed by atoms with van der Waals surface area (Å²) in [5.74, 6) is 0.238. The fourth-order valence-electron chi connectivity index (χ4n) is 1.93. The van der Waals surface area contributed by atoms with Crippen LogP contribution in [-0.4, -0.2) is 27.0 Å². The molecule has 0 aromatic heterocycles. The third-order valence-corrected chi connectivity index (χ3v) is 4.39. The summed E-state index contributed by atoms with van der Waals surface area (Å²) in [5.41, 5.74) is 8.29. The highest BCUT2D eigenvalue weighted by Crippen LogP contribution is 2.13. The van der Waals surface area contributed by atoms with Crippen molar-refractivity contribution in [1.82, 2.24) is 10.0 Å². The number of hydrogen-bond acceptors (Lipinski definition) is 3. The minimum atomic E-state index is -3.37. The normalized spacial score (nSPS) is 11.9. The summed E-state index contributed by atoms with van der Waals surface area (Å²) in [7, 11) is -3.37. The van der Waals surface area contributed by atoms with E-state index in [0.717, 1.165) is 16.7 Å². The zero-order valence-electron chi connectivity index (χ0n) is 14.4. The monoisotopic (exact) mass is 466 g/mol. The summed E-state index contributed by atoms with van der Waals surface area (Å²) in [4.78, 5) is 4.24. The topological polar surface area (TPSA) is 96.6 Å². The van der Waals surface area contributed by atoms with Gasteiger partial charge in [-0.25, -0.2) is 18.1 Å². The van der Waals surface area contributed by atoms with E-state index in [0.29, 0.717) is 19.0 Å². The number of sulfonamides is 1. The summed E-state index contributed by atoms with van der Waals surface area (Å²) < 4.78 is 26.8. The Morgan fingerprint density at radius 1 is 1.29 bits per heavy atom. The molecule has 0 radical (unpaired) electrons. The number of halogens is 1. The van der Waals surface area contributed by atoms with E-state index >= 15 is 0 Å². The molecule has 0 aliphatic carbocycles. The van der Waals surface area contributed by atoms with Crippen LogP contribution < -0.4 is 15.8 Å². The summed E-state index contributed by atoms with van der Waals surface area (Å²) in [6.45, 7) is 10.1. The van der Waals surface area contributed by atoms with Crippen molar-refractivity contribution in [2.24, 2.45) is 10.7 Å². The molecule has 0 spiro atoms. The maximum absolute atomic E-state index is 12.1. The molecule has 1 aromatic rings. The highest BCUT2D eigenvalue weighted by atomic mass is 127. The predicted molar refractivity (Wildman–Crippen MR) is 111 cm³/mol. The summed E-state index contributed by atoms with van der Waals surface area (Å²) >= 11 is 0. The lowest BCUT2D eigenvalue weighted by Crippen LogP contribution is -2.33. The molecule has 0 heterocycles. The Hall–Kier alpha value is -1.13. The molecule has 4 N–H and O–H groups in total. The molecule has 0 aliphatic heterocycles. The van der Waals surface area contributed by atoms with E-state index in [1.54, 1.807) is 19.9 Å². The number of nitrogens with two attached hydrogens (primary N) is 1. The standard InChI is InChI=1S/C16H26N4O2S.HI/c1-12(2)9-18-16(17)19-10-14-7-5-6-8-15(14)11-23(21,22)20-13(3)4;/h5-8,13,20H,1,9-11H2,2-4H3,(H3,17,18,19);1H. The number of hydrogen-bond donors (Lipinski definition) is 3. The van der Waals surface area contributed by atoms with Crippen LogP contribution in [-0.2, 0) is 22.3 Å². The highest BCUT2D eigenvalue weighted by molar-refractivity contribution is 14.0. The van der Waals surface area contributed by atoms with Gasteiger partial charge in [0.2, 0.25) is 10.0 Å². The Kier molecular flexibility index (Phi) is 10.2. The predicted octanol–water partition coefficient (Wildman–Crippen LogP) is 2.11. The summed E-state index contributed by atoms with van der Waals surface area (Å²) in [6.07, 6.45) is 0. The zero-order valence-corrected chi connectivity index (χ0v) is 17.5. The van der Waals surface area contributed by atoms with Crippen molar-refractivity contribution in [2.45, 2.75) is 39.1 Å². The van der Waals surface area contributed by atoms with Crippen LogP contribution >= 0.6 is 24.0 Å². The molecule has 0 aliphatic rings. The Balaban J connectivity index is 0.00000529. The van der Waals surface area contributed by atoms with E-state index in [1.807, 2.05) is 25.1 Å². The first-order valence-corrected chi connectivity index (χ1v) is 9.10. The molecule has 0 saturated heterocycles. The minimum Gasteiger partial charge on any atom is -0.370 e. The summed E-state index contributed by atoms with van der Waals surface area (Å²) in [5, 5.41) is 2.94. The van der Waals surface area contributed by atoms with Gasteiger partial charge < -0.3 is 11.1 Å². The molecule has 8 heteroatoms. The number of nitrogens with zero attached hydrogens (tertiary/aromatic N) is 1. The number of nitrogens with one attached hydrogen (secondary N) is 2. The van der Waals surface area contributed by atoms with Crippen molar-refractivity contribution < 1.29 is 8.42 Å². The molecule has 6 nitrogen and oxygen atoms in total. The Morgan fingerprint density at radius 2 is 1.88 bits per heavy atom. The molecule has 136 valence electrons. The lowest BCUT2D eigenvalue weighted by molar-refractivity contribution is 0.569. The molecule has 1 aromatic carbocycles. The van der Waals surface area contributed by atoms with Crippen molar-refractivity contribution in [3.05, 3.63) is 47.5 Å². The number of guanidine groups is 1. The molecule has 0 fully saturated rings. The maximum atomic E-state index is 12.1. The first-order valence-electron chi connectivity index (χ1n) is 7.44. The third-order valence-electron chi connectivity index (χ3n) is 2.87. The fraction of sp³-hybridized carbons (Fsp3) is 0.438. The van der Waals surface area contributed by atoms with Crippen LogP contribution in [0.4, 0.5) is 0 Å². The smallest absolute Gasteiger partial charge is 0.216 e. The highest BCUT2D eigenvalue weighted by Gasteiger charge is 2.15. The zero-order chi connectivity index (χ0) is 17.5. The van der Waals surface area contributed by atoms with Crippen LogP contribution in [0.1, 0.15) is 31.9 Å². The Labute approximate surface area is 162 Å². The summed E-state index contributed by atoms with van der Waals surface area (Å²) in [6, 6.07) is 7.19. The van der Waals surface area contributed by atoms with Gasteiger partial charge in [-0.3, -0.25) is 0 Å². The van der Waals surface area contributed by atoms with Gasteiger partial charge in [0, 0.05) is 12.6 Å². The van der Waals surface area contributed by atoms with Gasteiger partial charge in [-0.1, -0.05) is 36.4 Å². The second-order valence-corrected chi connectivity index (χ2v) is 7.57. The molecule has 24 heavy (non-hydrogen) atoms. The van der Waals surface area contributed by atoms with E-state index in [9.17, 15) is 8.42 Å². The van der Waals surface area contributed by atoms with E-state index < -0.39 is 10.0 Å². The van der Waals surface area contributed by atoms with Crippen LogP contribution in [0.25, 0.3) is 0 Å². The first-order chi connectivity index (χ1) is 10.7. The molecular formula is C16H27IN4O2S. The van der Waals surface area contributed by atoms with Gasteiger partial charge in [-0.2, -0.15) is 0 Å². The lowest BCUT2D eigenvalue weighted by Gasteiger charge is -2.12. The van der Waals surface area contributed by atoms with Gasteiger partial charge in [-0.15, -0.1) is 24.0 Å². The van der Waals surface area contributed by atoms with Gasteiger partial charge in [0.05, 0.1) is 12.3 Å². The van der Waals surface area contributed by atoms with Crippen LogP contribution in [0.2, 0.25) is 0 Å². The number of rotatable bonds is 8. The largest absolute Gasteiger partial charge is 0.370 e. The second kappa shape index (κ2) is 10.7. The van der Waals surface area contributed by atoms with Crippen LogP contribution in [0.3, 0.4) is 0 Å². The molecule has 0 saturated carbocycles. The van der Waals surface area contributed by atoms with Crippen molar-refractivity contribution >= 4 is 40.0 Å². The quantitative estimate of drug-likeness (QED) is 0.237. The number of aliphatic imine (C=N–C) groups is 1. The molecule has 0 unspecified atom stereocenters. The van der Waals surface area contributed by atoms with Crippen LogP contribution in [0.15, 0.2) is 41.4 Å². The first kappa shape index (κ1) is 22.9. The second-order valence-electron chi connectivity index (χ2n) is 5.81. The Bertz CT molecular complexity index is 672. The average Bonchev–Trinajstić information content (AvgIpc) is 2.42. The third kappa shape index (κ3) is 9.24. The van der Waals surface area contributed by atoms with Crippen molar-refractivity contribution in [1.29, 1.82) is 0 Å². The van der Waals surface area contributed by atoms with Crippen LogP contribution in [0.5, 0.6) is 0 Å². The SMILES string of the molecule is C=C(C)CNC(N)=NCc1ccccc1CS(=O)(=O)NC(C)C.I. The molecule has 0 bridgehead atoms. The minimum absolute atomic E-state index is 0. The van der Waals surface area contributed by atoms with Gasteiger partial charge >= 0.3 is 0 Å². The average molecular weight is 466 g/mol. The Morgan fingerprint density at radius 3 is 2.42 bits per heavy atom. The fourth-order valence-corrected chi connectivity index (χ4v) is 3.42. The lowest BCUT2D eigenvalue weighted by atomic mass is 10.1. The molecule has 0 amide bonds. The van der Waals surface area contributed by atoms with Gasteiger partial charge in [-0.05, 0) is 31.9 Å². The van der Waals surface area contributed by atoms with Crippen LogP contribution in [0, 0.1) is 0 Å². The van der Waals surface area contributed by atoms with E-state index in [1.165, 1.54) is 0 Å². The van der Waals surface area contributed by atoms with Gasteiger partial charge in [0.25, 0.3) is 0 Å². The van der Waals surface area contributed by atoms with Gasteiger partial charge in [0.15, 0.2) is 5.96 Å². The van der Waals surface area contributed by atoms with Crippen molar-refractivity contribution in [2.75, 3.05) is 6.54 Å². The molecule has 0 atom stereocenters. The maximum Gasteiger partial charge on any atom is 0.216 e. The van der Waals surface area contributed by atoms with Crippen molar-refractivity contribution in [3.63, 3.8) is 0 Å². The van der Waals surface area contributed by atoms with Gasteiger partial charge in [0.1, 0.15) is 0 Å². The van der Waals surface area contributed by atoms with E-state index in [2.05, 4.69) is 21.6 Å². The van der Waals surface area contributed by atoms with E-state index in [-0.39, 0.29) is 35.8 Å². The molecular weight excluding hydrogens is 439 g/mol. The number of benzene rings is 1. The van der Waals surface area contributed by atoms with E-state index in [4.69, 9.17) is 5.73 Å². The van der Waals surface area contributed by atoms with Crippen molar-refractivity contribution in [3.8, 4) is 0 Å². The molecule has 1 rings (SSSR count).